The lowest BCUT2D eigenvalue weighted by Crippen LogP contribution is -2.22. The Morgan fingerprint density at radius 3 is 1.92 bits per heavy atom. The first-order chi connectivity index (χ1) is 11.6. The van der Waals surface area contributed by atoms with Crippen molar-refractivity contribution < 1.29 is 14.7 Å². The number of benzene rings is 2. The average molecular weight is 325 g/mol. The Morgan fingerprint density at radius 1 is 1.00 bits per heavy atom. The van der Waals surface area contributed by atoms with E-state index in [1.54, 1.807) is 13.8 Å². The topological polar surface area (TPSA) is 58.9 Å². The minimum Gasteiger partial charge on any atom is -0.458 e. The van der Waals surface area contributed by atoms with Crippen LogP contribution in [0.4, 0.5) is 0 Å². The third kappa shape index (κ3) is 4.95. The van der Waals surface area contributed by atoms with Crippen molar-refractivity contribution in [3.8, 4) is 0 Å². The quantitative estimate of drug-likeness (QED) is 0.356. The molecule has 0 aliphatic rings. The number of rotatable bonds is 7. The van der Waals surface area contributed by atoms with E-state index in [0.29, 0.717) is 12.8 Å². The highest BCUT2D eigenvalue weighted by molar-refractivity contribution is 6.36. The standard InChI is InChI=1S/C20H23NO3/c1-15(2)24-20(22)19(21-23)14-13-18(16-9-5-3-6-10-16)17-11-7-4-8-12-17/h3-12,15,18,23H,13-14H2,1-2H3/b21-19-. The fourth-order valence-electron chi connectivity index (χ4n) is 2.65. The van der Waals surface area contributed by atoms with Crippen molar-refractivity contribution in [2.45, 2.75) is 38.7 Å². The summed E-state index contributed by atoms with van der Waals surface area (Å²) in [5.41, 5.74) is 2.39. The van der Waals surface area contributed by atoms with Crippen molar-refractivity contribution in [3.05, 3.63) is 71.8 Å². The largest absolute Gasteiger partial charge is 0.458 e. The van der Waals surface area contributed by atoms with Crippen LogP contribution in [0.3, 0.4) is 0 Å². The second kappa shape index (κ2) is 8.87. The summed E-state index contributed by atoms with van der Waals surface area (Å²) in [6, 6.07) is 20.2. The maximum absolute atomic E-state index is 12.0. The van der Waals surface area contributed by atoms with Crippen LogP contribution in [0.5, 0.6) is 0 Å². The van der Waals surface area contributed by atoms with Crippen molar-refractivity contribution in [3.63, 3.8) is 0 Å². The molecule has 2 aromatic carbocycles. The molecule has 4 heteroatoms. The van der Waals surface area contributed by atoms with Crippen LogP contribution < -0.4 is 0 Å². The summed E-state index contributed by atoms with van der Waals surface area (Å²) in [4.78, 5) is 12.0. The average Bonchev–Trinajstić information content (AvgIpc) is 2.59. The van der Waals surface area contributed by atoms with Gasteiger partial charge in [-0.3, -0.25) is 0 Å². The molecule has 1 N–H and O–H groups in total. The summed E-state index contributed by atoms with van der Waals surface area (Å²) in [5.74, 6) is -0.441. The number of nitrogens with zero attached hydrogens (tertiary/aromatic N) is 1. The van der Waals surface area contributed by atoms with Crippen molar-refractivity contribution in [1.29, 1.82) is 0 Å². The summed E-state index contributed by atoms with van der Waals surface area (Å²) in [7, 11) is 0. The van der Waals surface area contributed by atoms with E-state index >= 15 is 0 Å². The highest BCUT2D eigenvalue weighted by Gasteiger charge is 2.20. The van der Waals surface area contributed by atoms with Gasteiger partial charge in [-0.05, 0) is 31.4 Å². The lowest BCUT2D eigenvalue weighted by molar-refractivity contribution is -0.139. The molecule has 0 heterocycles. The predicted octanol–water partition coefficient (Wildman–Crippen LogP) is 4.38. The number of hydrogen-bond acceptors (Lipinski definition) is 4. The maximum Gasteiger partial charge on any atom is 0.356 e. The van der Waals surface area contributed by atoms with Gasteiger partial charge in [-0.2, -0.15) is 0 Å². The lowest BCUT2D eigenvalue weighted by Gasteiger charge is -2.18. The molecule has 126 valence electrons. The van der Waals surface area contributed by atoms with Crippen LogP contribution in [0.2, 0.25) is 0 Å². The molecular weight excluding hydrogens is 302 g/mol. The fraction of sp³-hybridized carbons (Fsp3) is 0.300. The molecule has 24 heavy (non-hydrogen) atoms. The monoisotopic (exact) mass is 325 g/mol. The zero-order valence-electron chi connectivity index (χ0n) is 14.1. The minimum absolute atomic E-state index is 0.0561. The van der Waals surface area contributed by atoms with Crippen LogP contribution in [0.15, 0.2) is 65.8 Å². The lowest BCUT2D eigenvalue weighted by atomic mass is 9.87. The first kappa shape index (κ1) is 17.7. The molecular formula is C20H23NO3. The van der Waals surface area contributed by atoms with Crippen LogP contribution in [-0.2, 0) is 9.53 Å². The van der Waals surface area contributed by atoms with Crippen LogP contribution in [0.1, 0.15) is 43.7 Å². The number of hydrogen-bond donors (Lipinski definition) is 1. The molecule has 0 bridgehead atoms. The molecule has 0 atom stereocenters. The van der Waals surface area contributed by atoms with E-state index in [1.165, 1.54) is 11.1 Å². The van der Waals surface area contributed by atoms with Gasteiger partial charge in [0.05, 0.1) is 6.10 Å². The van der Waals surface area contributed by atoms with Gasteiger partial charge >= 0.3 is 5.97 Å². The Kier molecular flexibility index (Phi) is 6.55. The van der Waals surface area contributed by atoms with Crippen LogP contribution in [-0.4, -0.2) is 23.0 Å². The normalized spacial score (nSPS) is 11.8. The Morgan fingerprint density at radius 2 is 1.50 bits per heavy atom. The molecule has 0 aliphatic carbocycles. The van der Waals surface area contributed by atoms with Crippen molar-refractivity contribution >= 4 is 11.7 Å². The minimum atomic E-state index is -0.563. The molecule has 4 nitrogen and oxygen atoms in total. The van der Waals surface area contributed by atoms with E-state index in [9.17, 15) is 4.79 Å². The first-order valence-corrected chi connectivity index (χ1v) is 8.13. The number of carbonyl (C=O) groups is 1. The van der Waals surface area contributed by atoms with Gasteiger partial charge in [0.15, 0.2) is 5.71 Å². The zero-order valence-corrected chi connectivity index (χ0v) is 14.1. The number of carbonyl (C=O) groups excluding carboxylic acids is 1. The number of ether oxygens (including phenoxy) is 1. The Bertz CT molecular complexity index is 626. The van der Waals surface area contributed by atoms with Gasteiger partial charge in [0.1, 0.15) is 0 Å². The fourth-order valence-corrected chi connectivity index (χ4v) is 2.65. The van der Waals surface area contributed by atoms with Crippen molar-refractivity contribution in [1.82, 2.24) is 0 Å². The number of esters is 1. The van der Waals surface area contributed by atoms with E-state index < -0.39 is 5.97 Å². The molecule has 0 aromatic heterocycles. The SMILES string of the molecule is CC(C)OC(=O)/C(CCC(c1ccccc1)c1ccccc1)=N\O. The second-order valence-electron chi connectivity index (χ2n) is 5.91. The first-order valence-electron chi connectivity index (χ1n) is 8.13. The van der Waals surface area contributed by atoms with E-state index in [0.717, 1.165) is 0 Å². The van der Waals surface area contributed by atoms with Gasteiger partial charge in [-0.15, -0.1) is 0 Å². The van der Waals surface area contributed by atoms with E-state index in [-0.39, 0.29) is 17.7 Å². The van der Waals surface area contributed by atoms with Crippen LogP contribution >= 0.6 is 0 Å². The molecule has 0 amide bonds. The Labute approximate surface area is 142 Å². The van der Waals surface area contributed by atoms with Crippen molar-refractivity contribution in [2.75, 3.05) is 0 Å². The molecule has 0 radical (unpaired) electrons. The van der Waals surface area contributed by atoms with Gasteiger partial charge in [-0.1, -0.05) is 65.8 Å². The van der Waals surface area contributed by atoms with E-state index in [4.69, 9.17) is 9.94 Å². The zero-order chi connectivity index (χ0) is 17.4. The maximum atomic E-state index is 12.0. The summed E-state index contributed by atoms with van der Waals surface area (Å²) < 4.78 is 5.12. The molecule has 0 spiro atoms. The van der Waals surface area contributed by atoms with Gasteiger partial charge in [0.2, 0.25) is 0 Å². The molecule has 2 rings (SSSR count). The third-order valence-corrected chi connectivity index (χ3v) is 3.77. The summed E-state index contributed by atoms with van der Waals surface area (Å²) in [6.45, 7) is 3.53. The van der Waals surface area contributed by atoms with Crippen LogP contribution in [0.25, 0.3) is 0 Å². The summed E-state index contributed by atoms with van der Waals surface area (Å²) >= 11 is 0. The second-order valence-corrected chi connectivity index (χ2v) is 5.91. The summed E-state index contributed by atoms with van der Waals surface area (Å²) in [6.07, 6.45) is 0.755. The Hall–Kier alpha value is -2.62. The molecule has 0 unspecified atom stereocenters. The van der Waals surface area contributed by atoms with E-state index in [1.807, 2.05) is 36.4 Å². The predicted molar refractivity (Wildman–Crippen MR) is 94.4 cm³/mol. The van der Waals surface area contributed by atoms with Gasteiger partial charge < -0.3 is 9.94 Å². The molecule has 2 aromatic rings. The molecule has 0 saturated carbocycles. The van der Waals surface area contributed by atoms with Gasteiger partial charge in [-0.25, -0.2) is 4.79 Å². The summed E-state index contributed by atoms with van der Waals surface area (Å²) in [5, 5.41) is 12.3. The molecule has 0 fully saturated rings. The highest BCUT2D eigenvalue weighted by Crippen LogP contribution is 2.29. The molecule has 0 aliphatic heterocycles. The van der Waals surface area contributed by atoms with Crippen LogP contribution in [0, 0.1) is 0 Å². The van der Waals surface area contributed by atoms with Crippen molar-refractivity contribution in [2.24, 2.45) is 5.16 Å². The van der Waals surface area contributed by atoms with Gasteiger partial charge in [0.25, 0.3) is 0 Å². The smallest absolute Gasteiger partial charge is 0.356 e. The van der Waals surface area contributed by atoms with Gasteiger partial charge in [0, 0.05) is 12.3 Å². The third-order valence-electron chi connectivity index (χ3n) is 3.77. The highest BCUT2D eigenvalue weighted by atomic mass is 16.5. The molecule has 0 saturated heterocycles. The number of oxime groups is 1. The Balaban J connectivity index is 2.16. The van der Waals surface area contributed by atoms with E-state index in [2.05, 4.69) is 29.4 Å².